The van der Waals surface area contributed by atoms with Crippen molar-refractivity contribution in [3.8, 4) is 6.07 Å². The van der Waals surface area contributed by atoms with Crippen LogP contribution in [0.4, 0.5) is 0 Å². The van der Waals surface area contributed by atoms with Crippen LogP contribution in [0, 0.1) is 34.0 Å². The number of rotatable bonds is 1. The first kappa shape index (κ1) is 12.5. The SMILES string of the molecule is CC1(C)CCC[C@@]2(C)[C@H]1C[C@H]1O[C@@]1(C)[C@H]2CC#N. The standard InChI is InChI=1S/C16H25NO/c1-14(2)7-5-8-15(3)11(6-9-17)16(4)13(18-16)10-12(14)15/h11-13H,5-8,10H2,1-4H3/t11-,12-,13+,15+,16-/m0/s1. The highest BCUT2D eigenvalue weighted by Crippen LogP contribution is 2.68. The second kappa shape index (κ2) is 3.51. The van der Waals surface area contributed by atoms with Crippen LogP contribution >= 0.6 is 0 Å². The van der Waals surface area contributed by atoms with Gasteiger partial charge in [-0.2, -0.15) is 5.26 Å². The van der Waals surface area contributed by atoms with Crippen LogP contribution in [-0.4, -0.2) is 11.7 Å². The maximum absolute atomic E-state index is 9.20. The third-order valence-electron chi connectivity index (χ3n) is 6.49. The monoisotopic (exact) mass is 247 g/mol. The van der Waals surface area contributed by atoms with Crippen molar-refractivity contribution in [1.29, 1.82) is 5.26 Å². The van der Waals surface area contributed by atoms with Crippen molar-refractivity contribution in [3.63, 3.8) is 0 Å². The van der Waals surface area contributed by atoms with Gasteiger partial charge in [-0.25, -0.2) is 0 Å². The summed E-state index contributed by atoms with van der Waals surface area (Å²) in [7, 11) is 0. The highest BCUT2D eigenvalue weighted by molar-refractivity contribution is 5.18. The molecule has 18 heavy (non-hydrogen) atoms. The molecule has 2 aliphatic carbocycles. The number of fused-ring (bicyclic) bond motifs is 2. The van der Waals surface area contributed by atoms with E-state index >= 15 is 0 Å². The summed E-state index contributed by atoms with van der Waals surface area (Å²) < 4.78 is 6.03. The van der Waals surface area contributed by atoms with Crippen LogP contribution in [0.15, 0.2) is 0 Å². The number of epoxide rings is 1. The summed E-state index contributed by atoms with van der Waals surface area (Å²) in [6.45, 7) is 9.51. The van der Waals surface area contributed by atoms with Gasteiger partial charge in [0.1, 0.15) is 0 Å². The predicted octanol–water partition coefficient (Wildman–Crippen LogP) is 3.91. The molecular formula is C16H25NO. The average Bonchev–Trinajstić information content (AvgIpc) is 2.92. The second-order valence-corrected chi connectivity index (χ2v) is 7.84. The van der Waals surface area contributed by atoms with Crippen molar-refractivity contribution in [1.82, 2.24) is 0 Å². The van der Waals surface area contributed by atoms with Gasteiger partial charge in [0.05, 0.1) is 17.8 Å². The van der Waals surface area contributed by atoms with Crippen LogP contribution in [0.25, 0.3) is 0 Å². The van der Waals surface area contributed by atoms with E-state index < -0.39 is 0 Å². The van der Waals surface area contributed by atoms with Gasteiger partial charge in [-0.1, -0.05) is 27.2 Å². The molecule has 0 N–H and O–H groups in total. The summed E-state index contributed by atoms with van der Waals surface area (Å²) in [4.78, 5) is 0. The first-order valence-corrected chi connectivity index (χ1v) is 7.39. The van der Waals surface area contributed by atoms with Crippen LogP contribution in [0.5, 0.6) is 0 Å². The zero-order valence-corrected chi connectivity index (χ0v) is 12.1. The van der Waals surface area contributed by atoms with Crippen LogP contribution in [0.1, 0.15) is 59.8 Å². The average molecular weight is 247 g/mol. The Morgan fingerprint density at radius 1 is 1.22 bits per heavy atom. The summed E-state index contributed by atoms with van der Waals surface area (Å²) in [6, 6.07) is 2.43. The molecule has 1 saturated heterocycles. The molecule has 2 nitrogen and oxygen atoms in total. The number of hydrogen-bond donors (Lipinski definition) is 0. The van der Waals surface area contributed by atoms with E-state index in [0.717, 1.165) is 5.92 Å². The maximum atomic E-state index is 9.20. The fraction of sp³-hybridized carbons (Fsp3) is 0.938. The molecule has 0 spiro atoms. The van der Waals surface area contributed by atoms with Gasteiger partial charge in [-0.3, -0.25) is 0 Å². The van der Waals surface area contributed by atoms with E-state index in [-0.39, 0.29) is 5.60 Å². The Morgan fingerprint density at radius 2 is 1.94 bits per heavy atom. The summed E-state index contributed by atoms with van der Waals surface area (Å²) in [5.74, 6) is 1.15. The van der Waals surface area contributed by atoms with Crippen LogP contribution in [-0.2, 0) is 4.74 Å². The van der Waals surface area contributed by atoms with Crippen LogP contribution < -0.4 is 0 Å². The van der Waals surface area contributed by atoms with E-state index in [1.807, 2.05) is 0 Å². The highest BCUT2D eigenvalue weighted by atomic mass is 16.6. The third-order valence-corrected chi connectivity index (χ3v) is 6.49. The van der Waals surface area contributed by atoms with Crippen molar-refractivity contribution >= 4 is 0 Å². The molecule has 100 valence electrons. The molecule has 2 saturated carbocycles. The van der Waals surface area contributed by atoms with E-state index in [4.69, 9.17) is 4.74 Å². The van der Waals surface area contributed by atoms with E-state index in [9.17, 15) is 5.26 Å². The molecule has 3 aliphatic rings. The summed E-state index contributed by atoms with van der Waals surface area (Å²) >= 11 is 0. The van der Waals surface area contributed by atoms with E-state index in [1.54, 1.807) is 0 Å². The van der Waals surface area contributed by atoms with Gasteiger partial charge >= 0.3 is 0 Å². The van der Waals surface area contributed by atoms with Crippen molar-refractivity contribution in [2.24, 2.45) is 22.7 Å². The molecule has 5 atom stereocenters. The summed E-state index contributed by atoms with van der Waals surface area (Å²) in [5, 5.41) is 9.20. The zero-order chi connectivity index (χ0) is 13.2. The normalized spacial score (nSPS) is 52.9. The molecule has 1 aliphatic heterocycles. The van der Waals surface area contributed by atoms with Crippen molar-refractivity contribution in [2.45, 2.75) is 71.5 Å². The number of hydrogen-bond acceptors (Lipinski definition) is 2. The highest BCUT2D eigenvalue weighted by Gasteiger charge is 2.69. The molecule has 2 heteroatoms. The minimum absolute atomic E-state index is 0.00833. The molecule has 0 radical (unpaired) electrons. The molecule has 0 unspecified atom stereocenters. The van der Waals surface area contributed by atoms with Gasteiger partial charge in [-0.05, 0) is 42.9 Å². The van der Waals surface area contributed by atoms with Gasteiger partial charge < -0.3 is 4.74 Å². The Balaban J connectivity index is 2.00. The van der Waals surface area contributed by atoms with E-state index in [2.05, 4.69) is 33.8 Å². The van der Waals surface area contributed by atoms with Gasteiger partial charge in [0.2, 0.25) is 0 Å². The molecule has 3 fully saturated rings. The lowest BCUT2D eigenvalue weighted by atomic mass is 9.46. The molecule has 0 amide bonds. The second-order valence-electron chi connectivity index (χ2n) is 7.84. The van der Waals surface area contributed by atoms with E-state index in [0.29, 0.717) is 29.3 Å². The lowest BCUT2D eigenvalue weighted by Gasteiger charge is -2.57. The Bertz CT molecular complexity index is 410. The Kier molecular flexibility index (Phi) is 2.43. The van der Waals surface area contributed by atoms with Crippen molar-refractivity contribution in [3.05, 3.63) is 0 Å². The summed E-state index contributed by atoms with van der Waals surface area (Å²) in [6.07, 6.45) is 6.21. The van der Waals surface area contributed by atoms with Crippen molar-refractivity contribution in [2.75, 3.05) is 0 Å². The largest absolute Gasteiger partial charge is 0.366 e. The van der Waals surface area contributed by atoms with Crippen molar-refractivity contribution < 1.29 is 4.74 Å². The molecule has 0 aromatic heterocycles. The topological polar surface area (TPSA) is 36.3 Å². The third kappa shape index (κ3) is 1.43. The lowest BCUT2D eigenvalue weighted by Crippen LogP contribution is -2.54. The molecular weight excluding hydrogens is 222 g/mol. The predicted molar refractivity (Wildman–Crippen MR) is 70.8 cm³/mol. The first-order valence-electron chi connectivity index (χ1n) is 7.39. The zero-order valence-electron chi connectivity index (χ0n) is 12.1. The van der Waals surface area contributed by atoms with Gasteiger partial charge in [0.25, 0.3) is 0 Å². The molecule has 3 rings (SSSR count). The Hall–Kier alpha value is -0.550. The molecule has 0 bridgehead atoms. The number of nitrogens with zero attached hydrogens (tertiary/aromatic N) is 1. The number of ether oxygens (including phenoxy) is 1. The molecule has 0 aromatic rings. The van der Waals surface area contributed by atoms with Crippen LogP contribution in [0.3, 0.4) is 0 Å². The van der Waals surface area contributed by atoms with Gasteiger partial charge in [-0.15, -0.1) is 0 Å². The minimum atomic E-state index is 0.00833. The Morgan fingerprint density at radius 3 is 2.61 bits per heavy atom. The van der Waals surface area contributed by atoms with Gasteiger partial charge in [0.15, 0.2) is 0 Å². The number of nitriles is 1. The molecule has 0 aromatic carbocycles. The summed E-state index contributed by atoms with van der Waals surface area (Å²) in [5.41, 5.74) is 0.724. The van der Waals surface area contributed by atoms with E-state index in [1.165, 1.54) is 25.7 Å². The maximum Gasteiger partial charge on any atom is 0.0963 e. The first-order chi connectivity index (χ1) is 8.34. The quantitative estimate of drug-likeness (QED) is 0.659. The Labute approximate surface area is 111 Å². The van der Waals surface area contributed by atoms with Gasteiger partial charge in [0, 0.05) is 12.3 Å². The fourth-order valence-corrected chi connectivity index (χ4v) is 5.43. The smallest absolute Gasteiger partial charge is 0.0963 e. The fourth-order valence-electron chi connectivity index (χ4n) is 5.43. The minimum Gasteiger partial charge on any atom is -0.366 e. The van der Waals surface area contributed by atoms with Crippen LogP contribution in [0.2, 0.25) is 0 Å². The lowest BCUT2D eigenvalue weighted by molar-refractivity contribution is -0.0754. The molecule has 1 heterocycles.